The SMILES string of the molecule is CC(=O)c1nc(CC2CCNC2)no1. The van der Waals surface area contributed by atoms with E-state index in [9.17, 15) is 4.79 Å². The molecule has 0 saturated carbocycles. The van der Waals surface area contributed by atoms with E-state index in [0.29, 0.717) is 11.7 Å². The molecule has 0 spiro atoms. The summed E-state index contributed by atoms with van der Waals surface area (Å²) in [5, 5.41) is 7.04. The van der Waals surface area contributed by atoms with Gasteiger partial charge in [0.1, 0.15) is 0 Å². The van der Waals surface area contributed by atoms with Gasteiger partial charge < -0.3 is 9.84 Å². The topological polar surface area (TPSA) is 68.0 Å². The minimum absolute atomic E-state index is 0.117. The van der Waals surface area contributed by atoms with E-state index in [1.165, 1.54) is 6.92 Å². The second kappa shape index (κ2) is 3.88. The largest absolute Gasteiger partial charge is 0.331 e. The van der Waals surface area contributed by atoms with Crippen LogP contribution in [0.2, 0.25) is 0 Å². The normalized spacial score (nSPS) is 21.4. The second-order valence-electron chi connectivity index (χ2n) is 3.63. The number of hydrogen-bond acceptors (Lipinski definition) is 5. The van der Waals surface area contributed by atoms with Gasteiger partial charge in [-0.25, -0.2) is 0 Å². The Labute approximate surface area is 81.9 Å². The van der Waals surface area contributed by atoms with Crippen LogP contribution < -0.4 is 5.32 Å². The van der Waals surface area contributed by atoms with Crippen LogP contribution in [-0.4, -0.2) is 29.0 Å². The third-order valence-electron chi connectivity index (χ3n) is 2.40. The summed E-state index contributed by atoms with van der Waals surface area (Å²) >= 11 is 0. The van der Waals surface area contributed by atoms with Gasteiger partial charge in [0.2, 0.25) is 5.78 Å². The van der Waals surface area contributed by atoms with Gasteiger partial charge in [-0.3, -0.25) is 4.79 Å². The fourth-order valence-corrected chi connectivity index (χ4v) is 1.63. The van der Waals surface area contributed by atoms with Crippen molar-refractivity contribution in [2.24, 2.45) is 5.92 Å². The smallest absolute Gasteiger partial charge is 0.293 e. The predicted octanol–water partition coefficient (Wildman–Crippen LogP) is 0.424. The molecule has 0 aliphatic carbocycles. The molecule has 1 aromatic rings. The lowest BCUT2D eigenvalue weighted by atomic mass is 10.1. The summed E-state index contributed by atoms with van der Waals surface area (Å²) < 4.78 is 4.81. The number of carbonyl (C=O) groups excluding carboxylic acids is 1. The Kier molecular flexibility index (Phi) is 2.58. The predicted molar refractivity (Wildman–Crippen MR) is 49.0 cm³/mol. The molecule has 5 nitrogen and oxygen atoms in total. The first-order valence-electron chi connectivity index (χ1n) is 4.80. The van der Waals surface area contributed by atoms with Gasteiger partial charge in [0, 0.05) is 13.3 Å². The quantitative estimate of drug-likeness (QED) is 0.708. The van der Waals surface area contributed by atoms with E-state index >= 15 is 0 Å². The molecule has 5 heteroatoms. The highest BCUT2D eigenvalue weighted by molar-refractivity contribution is 5.89. The highest BCUT2D eigenvalue weighted by atomic mass is 16.5. The van der Waals surface area contributed by atoms with Crippen LogP contribution in [0.15, 0.2) is 4.52 Å². The molecule has 1 aliphatic heterocycles. The lowest BCUT2D eigenvalue weighted by molar-refractivity contribution is 0.0972. The number of carbonyl (C=O) groups is 1. The van der Waals surface area contributed by atoms with Gasteiger partial charge in [-0.2, -0.15) is 4.98 Å². The maximum atomic E-state index is 10.9. The lowest BCUT2D eigenvalue weighted by Crippen LogP contribution is -2.11. The van der Waals surface area contributed by atoms with Crippen LogP contribution >= 0.6 is 0 Å². The Morgan fingerprint density at radius 2 is 2.57 bits per heavy atom. The highest BCUT2D eigenvalue weighted by Crippen LogP contribution is 2.13. The molecular weight excluding hydrogens is 182 g/mol. The summed E-state index contributed by atoms with van der Waals surface area (Å²) in [6.07, 6.45) is 1.94. The Morgan fingerprint density at radius 3 is 3.14 bits per heavy atom. The summed E-state index contributed by atoms with van der Waals surface area (Å²) in [6, 6.07) is 0. The fraction of sp³-hybridized carbons (Fsp3) is 0.667. The minimum atomic E-state index is -0.173. The minimum Gasteiger partial charge on any atom is -0.331 e. The number of ketones is 1. The molecule has 1 aromatic heterocycles. The number of Topliss-reactive ketones (excluding diaryl/α,β-unsaturated/α-hetero) is 1. The van der Waals surface area contributed by atoms with Crippen LogP contribution in [0.5, 0.6) is 0 Å². The van der Waals surface area contributed by atoms with E-state index in [1.54, 1.807) is 0 Å². The van der Waals surface area contributed by atoms with Crippen molar-refractivity contribution in [2.45, 2.75) is 19.8 Å². The van der Waals surface area contributed by atoms with Crippen LogP contribution in [0.1, 0.15) is 29.9 Å². The number of nitrogens with one attached hydrogen (secondary N) is 1. The molecular formula is C9H13N3O2. The van der Waals surface area contributed by atoms with Crippen molar-refractivity contribution in [3.8, 4) is 0 Å². The van der Waals surface area contributed by atoms with Crippen molar-refractivity contribution in [3.63, 3.8) is 0 Å². The molecule has 14 heavy (non-hydrogen) atoms. The van der Waals surface area contributed by atoms with Crippen LogP contribution in [0, 0.1) is 5.92 Å². The molecule has 2 rings (SSSR count). The molecule has 1 saturated heterocycles. The summed E-state index contributed by atoms with van der Waals surface area (Å²) in [5.74, 6) is 1.16. The molecule has 2 heterocycles. The monoisotopic (exact) mass is 195 g/mol. The highest BCUT2D eigenvalue weighted by Gasteiger charge is 2.18. The van der Waals surface area contributed by atoms with Gasteiger partial charge in [0.05, 0.1) is 0 Å². The molecule has 76 valence electrons. The molecule has 1 aliphatic rings. The summed E-state index contributed by atoms with van der Waals surface area (Å²) in [6.45, 7) is 3.49. The lowest BCUT2D eigenvalue weighted by Gasteiger charge is -2.01. The fourth-order valence-electron chi connectivity index (χ4n) is 1.63. The molecule has 0 aromatic carbocycles. The zero-order chi connectivity index (χ0) is 9.97. The molecule has 0 amide bonds. The van der Waals surface area contributed by atoms with Crippen LogP contribution in [-0.2, 0) is 6.42 Å². The molecule has 1 unspecified atom stereocenters. The molecule has 0 radical (unpaired) electrons. The zero-order valence-corrected chi connectivity index (χ0v) is 8.12. The Balaban J connectivity index is 1.98. The Bertz CT molecular complexity index is 329. The van der Waals surface area contributed by atoms with Crippen LogP contribution in [0.4, 0.5) is 0 Å². The van der Waals surface area contributed by atoms with Gasteiger partial charge in [-0.15, -0.1) is 0 Å². The van der Waals surface area contributed by atoms with Gasteiger partial charge in [0.15, 0.2) is 5.82 Å². The second-order valence-corrected chi connectivity index (χ2v) is 3.63. The average molecular weight is 195 g/mol. The summed E-state index contributed by atoms with van der Waals surface area (Å²) in [5.41, 5.74) is 0. The maximum Gasteiger partial charge on any atom is 0.293 e. The van der Waals surface area contributed by atoms with E-state index in [-0.39, 0.29) is 11.7 Å². The third kappa shape index (κ3) is 1.98. The van der Waals surface area contributed by atoms with Crippen molar-refractivity contribution in [1.82, 2.24) is 15.5 Å². The molecule has 0 bridgehead atoms. The van der Waals surface area contributed by atoms with Crippen molar-refractivity contribution < 1.29 is 9.32 Å². The average Bonchev–Trinajstić information content (AvgIpc) is 2.75. The maximum absolute atomic E-state index is 10.9. The molecule has 1 fully saturated rings. The first kappa shape index (κ1) is 9.33. The first-order valence-corrected chi connectivity index (χ1v) is 4.80. The first-order chi connectivity index (χ1) is 6.75. The Hall–Kier alpha value is -1.23. The van der Waals surface area contributed by atoms with Gasteiger partial charge >= 0.3 is 0 Å². The van der Waals surface area contributed by atoms with Gasteiger partial charge in [0.25, 0.3) is 5.89 Å². The van der Waals surface area contributed by atoms with Crippen molar-refractivity contribution in [2.75, 3.05) is 13.1 Å². The Morgan fingerprint density at radius 1 is 1.71 bits per heavy atom. The van der Waals surface area contributed by atoms with E-state index in [4.69, 9.17) is 4.52 Å². The summed E-state index contributed by atoms with van der Waals surface area (Å²) in [4.78, 5) is 14.9. The van der Waals surface area contributed by atoms with Crippen LogP contribution in [0.3, 0.4) is 0 Å². The van der Waals surface area contributed by atoms with Crippen LogP contribution in [0.25, 0.3) is 0 Å². The number of rotatable bonds is 3. The van der Waals surface area contributed by atoms with E-state index in [2.05, 4.69) is 15.5 Å². The summed E-state index contributed by atoms with van der Waals surface area (Å²) in [7, 11) is 0. The number of nitrogens with zero attached hydrogens (tertiary/aromatic N) is 2. The van der Waals surface area contributed by atoms with Crippen molar-refractivity contribution in [1.29, 1.82) is 0 Å². The van der Waals surface area contributed by atoms with Gasteiger partial charge in [-0.05, 0) is 25.4 Å². The molecule has 1 N–H and O–H groups in total. The zero-order valence-electron chi connectivity index (χ0n) is 8.12. The van der Waals surface area contributed by atoms with Crippen molar-refractivity contribution >= 4 is 5.78 Å². The van der Waals surface area contributed by atoms with E-state index in [1.807, 2.05) is 0 Å². The third-order valence-corrected chi connectivity index (χ3v) is 2.40. The number of hydrogen-bond donors (Lipinski definition) is 1. The number of aromatic nitrogens is 2. The van der Waals surface area contributed by atoms with Gasteiger partial charge in [-0.1, -0.05) is 5.16 Å². The van der Waals surface area contributed by atoms with E-state index < -0.39 is 0 Å². The standard InChI is InChI=1S/C9H13N3O2/c1-6(13)9-11-8(12-14-9)4-7-2-3-10-5-7/h7,10H,2-5H2,1H3. The van der Waals surface area contributed by atoms with Crippen molar-refractivity contribution in [3.05, 3.63) is 11.7 Å². The van der Waals surface area contributed by atoms with E-state index in [0.717, 1.165) is 25.9 Å². The molecule has 1 atom stereocenters.